The van der Waals surface area contributed by atoms with Crippen LogP contribution in [0.5, 0.6) is 11.5 Å². The van der Waals surface area contributed by atoms with Gasteiger partial charge in [0.1, 0.15) is 28.7 Å². The minimum Gasteiger partial charge on any atom is -0.504 e. The summed E-state index contributed by atoms with van der Waals surface area (Å²) in [6.45, 7) is 0. The summed E-state index contributed by atoms with van der Waals surface area (Å²) in [5, 5.41) is 9.94. The number of hydrogen-bond acceptors (Lipinski definition) is 5. The number of nitrogens with zero attached hydrogens (tertiary/aromatic N) is 3. The summed E-state index contributed by atoms with van der Waals surface area (Å²) < 4.78 is 26.2. The predicted molar refractivity (Wildman–Crippen MR) is 120 cm³/mol. The summed E-state index contributed by atoms with van der Waals surface area (Å²) in [4.78, 5) is 9.37. The summed E-state index contributed by atoms with van der Waals surface area (Å²) in [5.74, 6) is 1.87. The molecule has 32 heavy (non-hydrogen) atoms. The van der Waals surface area contributed by atoms with Gasteiger partial charge in [-0.15, -0.1) is 0 Å². The highest BCUT2D eigenvalue weighted by Crippen LogP contribution is 2.36. The maximum Gasteiger partial charge on any atom is 0.165 e. The highest BCUT2D eigenvalue weighted by atomic mass is 19.1. The highest BCUT2D eigenvalue weighted by Gasteiger charge is 2.15. The van der Waals surface area contributed by atoms with Gasteiger partial charge in [0.15, 0.2) is 17.3 Å². The molecular weight excluding hydrogens is 409 g/mol. The van der Waals surface area contributed by atoms with Crippen molar-refractivity contribution in [1.29, 1.82) is 0 Å². The average molecular weight is 427 g/mol. The van der Waals surface area contributed by atoms with Gasteiger partial charge >= 0.3 is 0 Å². The molecule has 0 saturated heterocycles. The van der Waals surface area contributed by atoms with Crippen molar-refractivity contribution in [2.75, 3.05) is 7.11 Å². The van der Waals surface area contributed by atoms with E-state index >= 15 is 0 Å². The van der Waals surface area contributed by atoms with Gasteiger partial charge in [-0.25, -0.2) is 14.4 Å². The molecule has 0 radical (unpaired) electrons. The number of fused-ring (bicyclic) bond motifs is 1. The summed E-state index contributed by atoms with van der Waals surface area (Å²) >= 11 is 0. The number of benzene rings is 2. The molecule has 5 rings (SSSR count). The predicted octanol–water partition coefficient (Wildman–Crippen LogP) is 5.87. The van der Waals surface area contributed by atoms with Crippen molar-refractivity contribution in [3.05, 3.63) is 90.6 Å². The topological polar surface area (TPSA) is 72.3 Å². The van der Waals surface area contributed by atoms with E-state index in [-0.39, 0.29) is 11.6 Å². The summed E-state index contributed by atoms with van der Waals surface area (Å²) in [6, 6.07) is 20.5. The molecule has 6 nitrogen and oxygen atoms in total. The third-order valence-corrected chi connectivity index (χ3v) is 5.03. The fourth-order valence-corrected chi connectivity index (χ4v) is 3.44. The number of ether oxygens (including phenoxy) is 1. The van der Waals surface area contributed by atoms with Crippen LogP contribution in [-0.2, 0) is 0 Å². The lowest BCUT2D eigenvalue weighted by atomic mass is 10.1. The van der Waals surface area contributed by atoms with E-state index in [0.717, 1.165) is 16.8 Å². The molecule has 3 heterocycles. The number of phenols is 1. The lowest BCUT2D eigenvalue weighted by molar-refractivity contribution is 0.373. The van der Waals surface area contributed by atoms with Gasteiger partial charge < -0.3 is 14.3 Å². The normalized spacial score (nSPS) is 11.4. The summed E-state index contributed by atoms with van der Waals surface area (Å²) in [7, 11) is 1.50. The molecule has 1 N–H and O–H groups in total. The quantitative estimate of drug-likeness (QED) is 0.356. The molecule has 0 aliphatic rings. The molecule has 0 bridgehead atoms. The Bertz CT molecular complexity index is 1430. The molecule has 5 aromatic rings. The maximum absolute atomic E-state index is 13.2. The zero-order valence-corrected chi connectivity index (χ0v) is 17.1. The van der Waals surface area contributed by atoms with Gasteiger partial charge in [-0.3, -0.25) is 4.40 Å². The van der Waals surface area contributed by atoms with Crippen LogP contribution in [0.3, 0.4) is 0 Å². The molecule has 0 unspecified atom stereocenters. The van der Waals surface area contributed by atoms with Gasteiger partial charge in [0.25, 0.3) is 0 Å². The van der Waals surface area contributed by atoms with Crippen LogP contribution in [0.25, 0.3) is 28.2 Å². The van der Waals surface area contributed by atoms with Crippen LogP contribution in [0.15, 0.2) is 88.4 Å². The molecular formula is C25H18FN3O3. The number of pyridine rings is 1. The number of methoxy groups -OCH3 is 1. The number of phenolic OH excluding ortho intramolecular Hbond substituents is 1. The molecule has 0 spiro atoms. The van der Waals surface area contributed by atoms with E-state index in [2.05, 4.69) is 4.99 Å². The fourth-order valence-electron chi connectivity index (χ4n) is 3.44. The number of halogens is 1. The Morgan fingerprint density at radius 2 is 1.84 bits per heavy atom. The number of imidazole rings is 1. The molecule has 158 valence electrons. The third kappa shape index (κ3) is 3.60. The van der Waals surface area contributed by atoms with E-state index in [1.807, 2.05) is 34.9 Å². The molecule has 0 saturated carbocycles. The van der Waals surface area contributed by atoms with Crippen molar-refractivity contribution >= 4 is 17.7 Å². The number of aromatic nitrogens is 2. The number of aliphatic imine (C=N–C) groups is 1. The minimum atomic E-state index is -0.298. The number of aromatic hydroxyl groups is 1. The molecule has 0 amide bonds. The first kappa shape index (κ1) is 19.6. The molecule has 0 aliphatic heterocycles. The van der Waals surface area contributed by atoms with Gasteiger partial charge in [0.2, 0.25) is 0 Å². The van der Waals surface area contributed by atoms with Gasteiger partial charge in [-0.2, -0.15) is 0 Å². The van der Waals surface area contributed by atoms with Gasteiger partial charge in [0.05, 0.1) is 13.3 Å². The lowest BCUT2D eigenvalue weighted by Crippen LogP contribution is -1.86. The molecule has 0 atom stereocenters. The molecule has 7 heteroatoms. The fraction of sp³-hybridized carbons (Fsp3) is 0.0400. The molecule has 3 aromatic heterocycles. The smallest absolute Gasteiger partial charge is 0.165 e. The zero-order valence-electron chi connectivity index (χ0n) is 17.1. The van der Waals surface area contributed by atoms with Crippen LogP contribution in [0.4, 0.5) is 10.2 Å². The van der Waals surface area contributed by atoms with E-state index < -0.39 is 0 Å². The first-order valence-electron chi connectivity index (χ1n) is 9.87. The van der Waals surface area contributed by atoms with E-state index in [9.17, 15) is 9.50 Å². The first-order valence-corrected chi connectivity index (χ1v) is 9.87. The largest absolute Gasteiger partial charge is 0.504 e. The summed E-state index contributed by atoms with van der Waals surface area (Å²) in [5.41, 5.74) is 2.89. The number of rotatable bonds is 5. The Morgan fingerprint density at radius 3 is 2.66 bits per heavy atom. The molecule has 0 aliphatic carbocycles. The SMILES string of the molecule is COc1cc(-c2nc3ccccn3c2/N=C/c2ccc(-c3ccc(F)cc3)o2)ccc1O. The minimum absolute atomic E-state index is 0.0500. The Balaban J connectivity index is 1.55. The first-order chi connectivity index (χ1) is 15.6. The van der Waals surface area contributed by atoms with Crippen LogP contribution < -0.4 is 4.74 Å². The van der Waals surface area contributed by atoms with E-state index in [4.69, 9.17) is 14.1 Å². The lowest BCUT2D eigenvalue weighted by Gasteiger charge is -2.05. The third-order valence-electron chi connectivity index (χ3n) is 5.03. The van der Waals surface area contributed by atoms with E-state index in [0.29, 0.717) is 28.8 Å². The van der Waals surface area contributed by atoms with Crippen molar-refractivity contribution in [2.45, 2.75) is 0 Å². The second kappa shape index (κ2) is 8.03. The van der Waals surface area contributed by atoms with Crippen LogP contribution >= 0.6 is 0 Å². The second-order valence-corrected chi connectivity index (χ2v) is 7.07. The van der Waals surface area contributed by atoms with Crippen molar-refractivity contribution < 1.29 is 18.7 Å². The van der Waals surface area contributed by atoms with Crippen molar-refractivity contribution in [1.82, 2.24) is 9.38 Å². The maximum atomic E-state index is 13.2. The highest BCUT2D eigenvalue weighted by molar-refractivity contribution is 5.84. The van der Waals surface area contributed by atoms with E-state index in [1.165, 1.54) is 19.2 Å². The number of hydrogen-bond donors (Lipinski definition) is 1. The Labute approximate surface area is 182 Å². The molecule has 0 fully saturated rings. The van der Waals surface area contributed by atoms with Crippen molar-refractivity contribution in [3.8, 4) is 34.1 Å². The summed E-state index contributed by atoms with van der Waals surface area (Å²) in [6.07, 6.45) is 3.49. The van der Waals surface area contributed by atoms with Gasteiger partial charge in [0, 0.05) is 17.3 Å². The van der Waals surface area contributed by atoms with E-state index in [1.54, 1.807) is 42.6 Å². The monoisotopic (exact) mass is 427 g/mol. The average Bonchev–Trinajstić information content (AvgIpc) is 3.43. The van der Waals surface area contributed by atoms with Crippen LogP contribution in [0.2, 0.25) is 0 Å². The van der Waals surface area contributed by atoms with Gasteiger partial charge in [-0.05, 0) is 66.7 Å². The number of furan rings is 1. The van der Waals surface area contributed by atoms with Crippen LogP contribution in [0.1, 0.15) is 5.76 Å². The van der Waals surface area contributed by atoms with Crippen molar-refractivity contribution in [2.24, 2.45) is 4.99 Å². The Kier molecular flexibility index (Phi) is 4.91. The van der Waals surface area contributed by atoms with Crippen LogP contribution in [0, 0.1) is 5.82 Å². The Morgan fingerprint density at radius 1 is 1.03 bits per heavy atom. The Hall–Kier alpha value is -4.39. The second-order valence-electron chi connectivity index (χ2n) is 7.07. The van der Waals surface area contributed by atoms with Crippen molar-refractivity contribution in [3.63, 3.8) is 0 Å². The standard InChI is InChI=1S/C25H18FN3O3/c1-31-22-14-17(7-11-20(22)30)24-25(29-13-3-2-4-23(29)28-24)27-15-19-10-12-21(32-19)16-5-8-18(26)9-6-16/h2-15,30H,1H3/b27-15+. The van der Waals surface area contributed by atoms with Crippen LogP contribution in [-0.4, -0.2) is 27.8 Å². The molecule has 2 aromatic carbocycles. The zero-order chi connectivity index (χ0) is 22.1. The van der Waals surface area contributed by atoms with Gasteiger partial charge in [-0.1, -0.05) is 6.07 Å².